The number of hydrogen-bond donors (Lipinski definition) is 2. The van der Waals surface area contributed by atoms with Crippen molar-refractivity contribution in [3.63, 3.8) is 0 Å². The summed E-state index contributed by atoms with van der Waals surface area (Å²) in [5.41, 5.74) is 1.99. The molecule has 0 saturated heterocycles. The molecule has 0 fully saturated rings. The summed E-state index contributed by atoms with van der Waals surface area (Å²) in [5, 5.41) is 26.9. The standard InChI is InChI=1S/2C25H23P.C14H10O6S/c2*1-5-13-22(14-6-1)21-26(23-15-7-2-8-16-23,24-17-9-3-10-18-24)25-19-11-4-12-20-25;15-13(16)9-5-1-3-7-11(9)21(19,20)12-8-4-2-6-10(12)14(17)18/h2*1-20,26H,21H2;1-8H,(H,15,16)(H,17,18). The van der Waals surface area contributed by atoms with Crippen LogP contribution in [0.4, 0.5) is 0 Å². The van der Waals surface area contributed by atoms with Crippen molar-refractivity contribution in [3.05, 3.63) is 313 Å². The molecule has 10 aromatic rings. The van der Waals surface area contributed by atoms with Gasteiger partial charge in [0.1, 0.15) is 0 Å². The van der Waals surface area contributed by atoms with Crippen LogP contribution in [0.1, 0.15) is 31.8 Å². The number of carboxylic acid groups (broad SMARTS) is 2. The molecule has 0 atom stereocenters. The van der Waals surface area contributed by atoms with Crippen molar-refractivity contribution in [2.75, 3.05) is 0 Å². The van der Waals surface area contributed by atoms with Gasteiger partial charge in [-0.15, -0.1) is 0 Å². The van der Waals surface area contributed by atoms with Crippen LogP contribution in [0, 0.1) is 0 Å². The summed E-state index contributed by atoms with van der Waals surface area (Å²) in [7, 11) is -8.58. The molecule has 0 heterocycles. The molecule has 0 aromatic heterocycles. The van der Waals surface area contributed by atoms with Gasteiger partial charge in [-0.1, -0.05) is 24.3 Å². The molecule has 10 aromatic carbocycles. The molecule has 0 aliphatic rings. The van der Waals surface area contributed by atoms with Crippen LogP contribution in [0.3, 0.4) is 0 Å². The third-order valence-electron chi connectivity index (χ3n) is 13.0. The zero-order chi connectivity index (χ0) is 50.9. The topological polar surface area (TPSA) is 109 Å². The van der Waals surface area contributed by atoms with Gasteiger partial charge in [0.05, 0.1) is 20.9 Å². The van der Waals surface area contributed by atoms with Crippen molar-refractivity contribution in [1.29, 1.82) is 0 Å². The van der Waals surface area contributed by atoms with E-state index in [9.17, 15) is 18.0 Å². The Hall–Kier alpha value is -8.05. The second-order valence-electron chi connectivity index (χ2n) is 17.4. The van der Waals surface area contributed by atoms with E-state index in [4.69, 9.17) is 10.2 Å². The molecule has 9 heteroatoms. The number of rotatable bonds is 14. The summed E-state index contributed by atoms with van der Waals surface area (Å²) >= 11 is 0. The quantitative estimate of drug-likeness (QED) is 0.105. The molecule has 0 bridgehead atoms. The molecular weight excluding hydrogens is 959 g/mol. The molecule has 0 aliphatic carbocycles. The first kappa shape index (κ1) is 51.3. The fourth-order valence-corrected chi connectivity index (χ4v) is 20.8. The van der Waals surface area contributed by atoms with Crippen molar-refractivity contribution < 1.29 is 28.2 Å². The van der Waals surface area contributed by atoms with Crippen LogP contribution in [-0.4, -0.2) is 30.6 Å². The Morgan fingerprint density at radius 2 is 0.479 bits per heavy atom. The summed E-state index contributed by atoms with van der Waals surface area (Å²) in [6.07, 6.45) is 2.12. The van der Waals surface area contributed by atoms with E-state index in [-0.39, 0.29) is 0 Å². The summed E-state index contributed by atoms with van der Waals surface area (Å²) in [4.78, 5) is 21.4. The average molecular weight is 1020 g/mol. The zero-order valence-electron chi connectivity index (χ0n) is 40.1. The number of carbonyl (C=O) groups is 2. The van der Waals surface area contributed by atoms with Crippen molar-refractivity contribution in [3.8, 4) is 0 Å². The predicted molar refractivity (Wildman–Crippen MR) is 306 cm³/mol. The van der Waals surface area contributed by atoms with Gasteiger partial charge in [-0.3, -0.25) is 0 Å². The molecule has 73 heavy (non-hydrogen) atoms. The predicted octanol–water partition coefficient (Wildman–Crippen LogP) is 11.7. The zero-order valence-corrected chi connectivity index (χ0v) is 42.9. The first-order valence-electron chi connectivity index (χ1n) is 24.0. The van der Waals surface area contributed by atoms with Crippen LogP contribution < -0.4 is 31.8 Å². The molecule has 0 aliphatic heterocycles. The summed E-state index contributed by atoms with van der Waals surface area (Å²) in [5.74, 6) is -2.80. The number of sulfone groups is 1. The molecule has 0 spiro atoms. The van der Waals surface area contributed by atoms with E-state index in [0.717, 1.165) is 36.6 Å². The van der Waals surface area contributed by atoms with Gasteiger partial charge in [0.25, 0.3) is 0 Å². The molecule has 6 nitrogen and oxygen atoms in total. The van der Waals surface area contributed by atoms with Crippen LogP contribution >= 0.6 is 14.5 Å². The summed E-state index contributed by atoms with van der Waals surface area (Å²) < 4.78 is 25.1. The summed E-state index contributed by atoms with van der Waals surface area (Å²) in [6.45, 7) is 0. The van der Waals surface area contributed by atoms with Crippen LogP contribution in [-0.2, 0) is 22.2 Å². The molecule has 2 N–H and O–H groups in total. The SMILES string of the molecule is O=C(O)c1ccccc1S(=O)(=O)c1ccccc1C(=O)O.c1ccc(C[PH](c2ccccc2)(c2ccccc2)c2ccccc2)cc1.c1ccc(C[PH](c2ccccc2)(c2ccccc2)c2ccccc2)cc1. The summed E-state index contributed by atoms with van der Waals surface area (Å²) in [6, 6.07) is 98.5. The first-order valence-corrected chi connectivity index (χ1v) is 29.8. The fraction of sp³-hybridized carbons (Fsp3) is 0.0312. The van der Waals surface area contributed by atoms with Crippen molar-refractivity contribution in [1.82, 2.24) is 0 Å². The van der Waals surface area contributed by atoms with E-state index in [1.165, 1.54) is 67.2 Å². The van der Waals surface area contributed by atoms with Crippen molar-refractivity contribution in [2.45, 2.75) is 22.1 Å². The number of hydrogen-bond acceptors (Lipinski definition) is 4. The second kappa shape index (κ2) is 24.4. The van der Waals surface area contributed by atoms with E-state index in [1.54, 1.807) is 0 Å². The number of benzene rings is 10. The van der Waals surface area contributed by atoms with Gasteiger partial charge < -0.3 is 10.2 Å². The minimum absolute atomic E-state index is 0.405. The third-order valence-corrected chi connectivity index (χ3v) is 24.7. The molecule has 0 unspecified atom stereocenters. The van der Waals surface area contributed by atoms with Crippen molar-refractivity contribution >= 4 is 68.1 Å². The Bertz CT molecular complexity index is 3020. The maximum atomic E-state index is 12.6. The Labute approximate surface area is 429 Å². The minimum atomic E-state index is -4.25. The van der Waals surface area contributed by atoms with E-state index in [0.29, 0.717) is 0 Å². The molecular formula is C64H56O6P2S. The molecule has 0 radical (unpaired) electrons. The van der Waals surface area contributed by atoms with Crippen LogP contribution in [0.5, 0.6) is 0 Å². The van der Waals surface area contributed by atoms with Crippen LogP contribution in [0.2, 0.25) is 0 Å². The van der Waals surface area contributed by atoms with Gasteiger partial charge in [-0.25, -0.2) is 18.0 Å². The van der Waals surface area contributed by atoms with Crippen LogP contribution in [0.25, 0.3) is 0 Å². The Balaban J connectivity index is 0.000000147. The maximum absolute atomic E-state index is 12.6. The van der Waals surface area contributed by atoms with Gasteiger partial charge in [-0.05, 0) is 24.3 Å². The Morgan fingerprint density at radius 3 is 0.699 bits per heavy atom. The van der Waals surface area contributed by atoms with Gasteiger partial charge in [0.15, 0.2) is 0 Å². The molecule has 0 saturated carbocycles. The Kier molecular flexibility index (Phi) is 17.1. The van der Waals surface area contributed by atoms with E-state index < -0.39 is 57.2 Å². The van der Waals surface area contributed by atoms with Gasteiger partial charge in [-0.2, -0.15) is 0 Å². The molecule has 0 amide bonds. The van der Waals surface area contributed by atoms with Crippen LogP contribution in [0.15, 0.2) is 301 Å². The van der Waals surface area contributed by atoms with E-state index in [2.05, 4.69) is 243 Å². The number of aromatic carboxylic acids is 2. The fourth-order valence-electron chi connectivity index (χ4n) is 9.63. The van der Waals surface area contributed by atoms with Crippen molar-refractivity contribution in [2.24, 2.45) is 0 Å². The number of carboxylic acids is 2. The van der Waals surface area contributed by atoms with Gasteiger partial charge >= 0.3 is 324 Å². The molecule has 10 rings (SSSR count). The Morgan fingerprint density at radius 1 is 0.288 bits per heavy atom. The van der Waals surface area contributed by atoms with E-state index in [1.807, 2.05) is 0 Å². The third kappa shape index (κ3) is 11.8. The normalized spacial score (nSPS) is 11.6. The first-order chi connectivity index (χ1) is 35.6. The average Bonchev–Trinajstić information content (AvgIpc) is 3.46. The second-order valence-corrected chi connectivity index (χ2v) is 27.1. The monoisotopic (exact) mass is 1010 g/mol. The van der Waals surface area contributed by atoms with E-state index >= 15 is 0 Å². The molecule has 364 valence electrons. The van der Waals surface area contributed by atoms with Gasteiger partial charge in [0, 0.05) is 0 Å². The van der Waals surface area contributed by atoms with Gasteiger partial charge in [0.2, 0.25) is 9.84 Å².